The number of phenolic OH excluding ortho intramolecular Hbond substituents is 1. The van der Waals surface area contributed by atoms with Gasteiger partial charge in [-0.1, -0.05) is 87.8 Å². The predicted molar refractivity (Wildman–Crippen MR) is 436 cm³/mol. The van der Waals surface area contributed by atoms with Gasteiger partial charge in [-0.2, -0.15) is 0 Å². The molecule has 0 aliphatic carbocycles. The summed E-state index contributed by atoms with van der Waals surface area (Å²) in [6.45, 7) is 17.1. The third-order valence-corrected chi connectivity index (χ3v) is 19.4. The van der Waals surface area contributed by atoms with Gasteiger partial charge in [0.15, 0.2) is 5.96 Å². The van der Waals surface area contributed by atoms with Gasteiger partial charge in [0, 0.05) is 32.4 Å². The molecule has 17 amide bonds. The summed E-state index contributed by atoms with van der Waals surface area (Å²) in [5.74, 6) is -20.9. The number of phenols is 1. The third kappa shape index (κ3) is 38.7. The Morgan fingerprint density at radius 1 is 0.471 bits per heavy atom. The van der Waals surface area contributed by atoms with E-state index < -0.39 is 242 Å². The maximum Gasteiger partial charge on any atom is 0.326 e. The molecular weight excluding hydrogens is 1590 g/mol. The molecule has 121 heavy (non-hydrogen) atoms. The molecule has 1 heterocycles. The molecule has 1 aliphatic heterocycles. The lowest BCUT2D eigenvalue weighted by Gasteiger charge is -2.31. The largest absolute Gasteiger partial charge is 0.508 e. The first-order valence-electron chi connectivity index (χ1n) is 40.4. The van der Waals surface area contributed by atoms with Crippen molar-refractivity contribution in [1.29, 1.82) is 5.41 Å². The number of hydrogen-bond acceptors (Lipinski definition) is 24. The number of primary amides is 3. The summed E-state index contributed by atoms with van der Waals surface area (Å²) in [5.41, 5.74) is 28.0. The number of carboxylic acids is 1. The van der Waals surface area contributed by atoms with Crippen LogP contribution in [0.3, 0.4) is 0 Å². The summed E-state index contributed by atoms with van der Waals surface area (Å²) in [5, 5.41) is 93.8. The molecule has 1 aromatic rings. The highest BCUT2D eigenvalue weighted by atomic mass is 16.4. The van der Waals surface area contributed by atoms with Gasteiger partial charge in [0.25, 0.3) is 0 Å². The Hall–Kier alpha value is -11.4. The van der Waals surface area contributed by atoms with E-state index >= 15 is 0 Å². The highest BCUT2D eigenvalue weighted by Crippen LogP contribution is 2.22. The molecule has 0 saturated carbocycles. The van der Waals surface area contributed by atoms with E-state index in [0.717, 1.165) is 18.7 Å². The molecule has 680 valence electrons. The molecule has 17 atom stereocenters. The number of guanidine groups is 1. The van der Waals surface area contributed by atoms with Crippen LogP contribution in [0.5, 0.6) is 5.75 Å². The van der Waals surface area contributed by atoms with E-state index in [0.29, 0.717) is 12.0 Å². The molecule has 44 heteroatoms. The third-order valence-electron chi connectivity index (χ3n) is 19.4. The van der Waals surface area contributed by atoms with E-state index in [1.165, 1.54) is 24.3 Å². The number of nitrogens with zero attached hydrogens (tertiary/aromatic N) is 1. The molecule has 1 aliphatic rings. The summed E-state index contributed by atoms with van der Waals surface area (Å²) in [7, 11) is 0. The SMILES string of the molecule is CC[C@H](C)[C@H](NC(=O)CNC(=O)[C@H](CC(C)C)NC(=O)[C@@H](NC(=O)[C@@H](NC(=O)[C@H](CC(C)C)NC(=O)[C@H](CCC(N)=O)NC(=O)[C@@H](N)CCCNC(=N)N)[C@@H](C)O)[C@@H](C)O)C(=O)N[C@@H](CCC(N)=O)C(=O)N[C@@H](CC(C)C)C(=O)N[C@@H](CO)C(=O)N1CCC[C@H]1C(=O)N[C@@H](Cc1ccc(O)cc1)C(=O)N[C@@H](CC(N)=O)C(=O)N[C@@H](CC(C)C)C(=O)O. The average molecular weight is 1720 g/mol. The molecule has 30 N–H and O–H groups in total. The molecule has 0 aromatic heterocycles. The Labute approximate surface area is 702 Å². The molecule has 2 rings (SSSR count). The van der Waals surface area contributed by atoms with Gasteiger partial charge in [0.2, 0.25) is 100 Å². The zero-order valence-electron chi connectivity index (χ0n) is 70.8. The summed E-state index contributed by atoms with van der Waals surface area (Å²) in [6, 6.07) is -16.5. The highest BCUT2D eigenvalue weighted by molar-refractivity contribution is 6.01. The number of nitrogens with one attached hydrogen (secondary N) is 15. The van der Waals surface area contributed by atoms with Crippen LogP contribution in [0.4, 0.5) is 0 Å². The Morgan fingerprint density at radius 2 is 0.876 bits per heavy atom. The number of nitrogens with two attached hydrogens (primary N) is 5. The number of hydrogen-bond donors (Lipinski definition) is 25. The second-order valence-electron chi connectivity index (χ2n) is 32.0. The number of benzene rings is 1. The van der Waals surface area contributed by atoms with Gasteiger partial charge < -0.3 is 134 Å². The molecule has 44 nitrogen and oxygen atoms in total. The highest BCUT2D eigenvalue weighted by Gasteiger charge is 2.43. The van der Waals surface area contributed by atoms with Crippen molar-refractivity contribution in [3.8, 4) is 5.75 Å². The first-order valence-corrected chi connectivity index (χ1v) is 40.4. The van der Waals surface area contributed by atoms with Crippen molar-refractivity contribution < 1.29 is 112 Å². The average Bonchev–Trinajstić information content (AvgIpc) is 1.71. The van der Waals surface area contributed by atoms with Gasteiger partial charge in [0.05, 0.1) is 37.8 Å². The maximum atomic E-state index is 14.4. The quantitative estimate of drug-likeness (QED) is 0.0164. The van der Waals surface area contributed by atoms with Crippen molar-refractivity contribution in [1.82, 2.24) is 79.3 Å². The lowest BCUT2D eigenvalue weighted by atomic mass is 9.97. The van der Waals surface area contributed by atoms with Gasteiger partial charge in [-0.05, 0) is 125 Å². The van der Waals surface area contributed by atoms with Crippen LogP contribution in [0.1, 0.15) is 179 Å². The monoisotopic (exact) mass is 1720 g/mol. The zero-order valence-corrected chi connectivity index (χ0v) is 70.8. The smallest absolute Gasteiger partial charge is 0.326 e. The van der Waals surface area contributed by atoms with Crippen LogP contribution in [0.2, 0.25) is 0 Å². The number of aliphatic hydroxyl groups is 3. The molecule has 1 saturated heterocycles. The topological polar surface area (TPSA) is 734 Å². The van der Waals surface area contributed by atoms with Crippen LogP contribution in [0.15, 0.2) is 24.3 Å². The lowest BCUT2D eigenvalue weighted by molar-refractivity contribution is -0.143. The van der Waals surface area contributed by atoms with Gasteiger partial charge >= 0.3 is 5.97 Å². The number of carbonyl (C=O) groups excluding carboxylic acids is 17. The van der Waals surface area contributed by atoms with E-state index in [9.17, 15) is 112 Å². The lowest BCUT2D eigenvalue weighted by Crippen LogP contribution is -2.63. The summed E-state index contributed by atoms with van der Waals surface area (Å²) >= 11 is 0. The van der Waals surface area contributed by atoms with Crippen molar-refractivity contribution >= 4 is 112 Å². The van der Waals surface area contributed by atoms with Gasteiger partial charge in [-0.15, -0.1) is 0 Å². The molecule has 0 radical (unpaired) electrons. The van der Waals surface area contributed by atoms with Crippen LogP contribution in [0, 0.1) is 35.0 Å². The van der Waals surface area contributed by atoms with Crippen molar-refractivity contribution in [2.45, 2.75) is 276 Å². The maximum absolute atomic E-state index is 14.4. The zero-order chi connectivity index (χ0) is 92.0. The summed E-state index contributed by atoms with van der Waals surface area (Å²) < 4.78 is 0. The fraction of sp³-hybridized carbons (Fsp3) is 0.675. The van der Waals surface area contributed by atoms with E-state index in [2.05, 4.69) is 74.4 Å². The van der Waals surface area contributed by atoms with Crippen molar-refractivity contribution in [2.24, 2.45) is 58.3 Å². The summed E-state index contributed by atoms with van der Waals surface area (Å²) in [6.07, 6.45) is -5.87. The van der Waals surface area contributed by atoms with Crippen molar-refractivity contribution in [2.75, 3.05) is 26.2 Å². The minimum Gasteiger partial charge on any atom is -0.508 e. The van der Waals surface area contributed by atoms with E-state index in [-0.39, 0.29) is 119 Å². The van der Waals surface area contributed by atoms with E-state index in [4.69, 9.17) is 34.1 Å². The number of rotatable bonds is 55. The number of carbonyl (C=O) groups is 18. The Kier molecular flexibility index (Phi) is 45.9. The number of aliphatic carboxylic acids is 1. The molecule has 0 spiro atoms. The van der Waals surface area contributed by atoms with Crippen LogP contribution < -0.4 is 103 Å². The first-order chi connectivity index (χ1) is 56.5. The van der Waals surface area contributed by atoms with Gasteiger partial charge in [-0.25, -0.2) is 4.79 Å². The molecule has 0 bridgehead atoms. The number of aromatic hydroxyl groups is 1. The standard InChI is InChI=1S/C77H129N21O23/c1-13-40(10)60(95-59(106)34-85-64(108)48(28-36(2)3)92-73(117)61(41(11)100)97-74(118)62(42(12)101)96-70(114)50(30-38(6)7)89-65(109)46(22-24-56(79)103)86-63(107)45(78)16-14-26-84-77(82)83)72(116)87-47(23-25-57(80)104)66(110)88-49(29-37(4)5)67(111)94-54(35-99)75(119)98-27-15-17-55(98)71(115)91-51(32-43-18-20-44(102)21-19-43)68(112)90-52(33-58(81)105)69(113)93-53(76(120)121)31-39(8)9/h18-21,36-42,45-55,60-62,99-102H,13-17,22-35,78H2,1-12H3,(H2,79,103)(H2,80,104)(H2,81,105)(H,85,108)(H,86,107)(H,87,116)(H,88,110)(H,89,109)(H,90,112)(H,91,115)(H,92,117)(H,93,113)(H,94,111)(H,95,106)(H,96,114)(H,97,118)(H,120,121)(H4,82,83,84)/t40-,41+,42+,45-,46-,47-,48-,49-,50-,51-,52-,53-,54-,55-,60-,61-,62-/m0/s1. The normalized spacial score (nSPS) is 16.5. The Bertz CT molecular complexity index is 3730. The molecule has 1 aromatic carbocycles. The number of amides is 17. The van der Waals surface area contributed by atoms with Crippen molar-refractivity contribution in [3.05, 3.63) is 29.8 Å². The fourth-order valence-corrected chi connectivity index (χ4v) is 12.7. The summed E-state index contributed by atoms with van der Waals surface area (Å²) in [4.78, 5) is 246. The Morgan fingerprint density at radius 3 is 1.34 bits per heavy atom. The first kappa shape index (κ1) is 106. The molecular formula is C77H129N21O23. The van der Waals surface area contributed by atoms with Crippen LogP contribution in [-0.2, 0) is 92.7 Å². The van der Waals surface area contributed by atoms with E-state index in [1.54, 1.807) is 69.2 Å². The second-order valence-corrected chi connectivity index (χ2v) is 32.0. The fourth-order valence-electron chi connectivity index (χ4n) is 12.7. The molecule has 0 unspecified atom stereocenters. The van der Waals surface area contributed by atoms with Gasteiger partial charge in [-0.3, -0.25) is 86.9 Å². The Balaban J connectivity index is 2.37. The number of carboxylic acid groups (broad SMARTS) is 1. The van der Waals surface area contributed by atoms with E-state index in [1.807, 2.05) is 0 Å². The second kappa shape index (κ2) is 52.6. The minimum absolute atomic E-state index is 0.0163. The van der Waals surface area contributed by atoms with Crippen molar-refractivity contribution in [3.63, 3.8) is 0 Å². The molecule has 1 fully saturated rings. The van der Waals surface area contributed by atoms with Crippen LogP contribution in [0.25, 0.3) is 0 Å². The van der Waals surface area contributed by atoms with Gasteiger partial charge in [0.1, 0.15) is 84.3 Å². The number of likely N-dealkylation sites (tertiary alicyclic amines) is 1. The predicted octanol–water partition coefficient (Wildman–Crippen LogP) is -7.07. The number of aliphatic hydroxyl groups excluding tert-OH is 3. The van der Waals surface area contributed by atoms with Crippen LogP contribution >= 0.6 is 0 Å². The van der Waals surface area contributed by atoms with Crippen LogP contribution in [-0.4, -0.2) is 266 Å². The minimum atomic E-state index is -1.90.